The van der Waals surface area contributed by atoms with Gasteiger partial charge in [-0.05, 0) is 43.1 Å². The fraction of sp³-hybridized carbons (Fsp3) is 0.200. The predicted molar refractivity (Wildman–Crippen MR) is 56.2 cm³/mol. The van der Waals surface area contributed by atoms with Crippen LogP contribution in [0, 0.1) is 6.92 Å². The Kier molecular flexibility index (Phi) is 3.38. The van der Waals surface area contributed by atoms with Gasteiger partial charge in [0, 0.05) is 4.90 Å². The molecule has 1 aromatic carbocycles. The smallest absolute Gasteiger partial charge is 0.0302 e. The molecule has 0 amide bonds. The van der Waals surface area contributed by atoms with Gasteiger partial charge in [-0.2, -0.15) is 0 Å². The van der Waals surface area contributed by atoms with Crippen molar-refractivity contribution in [1.82, 2.24) is 4.72 Å². The molecular formula is C10H13NS. The lowest BCUT2D eigenvalue weighted by Gasteiger charge is -2.04. The van der Waals surface area contributed by atoms with E-state index in [1.54, 1.807) is 11.9 Å². The van der Waals surface area contributed by atoms with Crippen LogP contribution in [-0.2, 0) is 0 Å². The minimum atomic E-state index is 1.18. The third-order valence-electron chi connectivity index (χ3n) is 1.60. The van der Waals surface area contributed by atoms with Crippen molar-refractivity contribution in [2.45, 2.75) is 11.8 Å². The first-order valence-corrected chi connectivity index (χ1v) is 4.66. The lowest BCUT2D eigenvalue weighted by Crippen LogP contribution is -1.92. The van der Waals surface area contributed by atoms with Crippen molar-refractivity contribution in [2.75, 3.05) is 7.05 Å². The SMILES string of the molecule is C=Cc1ccc(C)cc1SNC. The molecule has 0 atom stereocenters. The summed E-state index contributed by atoms with van der Waals surface area (Å²) in [7, 11) is 1.92. The van der Waals surface area contributed by atoms with Crippen LogP contribution in [0.3, 0.4) is 0 Å². The second kappa shape index (κ2) is 4.33. The van der Waals surface area contributed by atoms with Crippen LogP contribution in [0.2, 0.25) is 0 Å². The van der Waals surface area contributed by atoms with Crippen LogP contribution in [0.4, 0.5) is 0 Å². The van der Waals surface area contributed by atoms with E-state index in [9.17, 15) is 0 Å². The molecule has 1 rings (SSSR count). The Bertz CT molecular complexity index is 281. The van der Waals surface area contributed by atoms with Crippen molar-refractivity contribution in [1.29, 1.82) is 0 Å². The molecule has 0 saturated heterocycles. The molecule has 0 unspecified atom stereocenters. The maximum Gasteiger partial charge on any atom is 0.0302 e. The van der Waals surface area contributed by atoms with E-state index >= 15 is 0 Å². The zero-order valence-corrected chi connectivity index (χ0v) is 8.24. The zero-order chi connectivity index (χ0) is 8.97. The first-order chi connectivity index (χ1) is 5.77. The van der Waals surface area contributed by atoms with Crippen LogP contribution < -0.4 is 4.72 Å². The van der Waals surface area contributed by atoms with Crippen molar-refractivity contribution in [3.05, 3.63) is 35.9 Å². The molecule has 12 heavy (non-hydrogen) atoms. The van der Waals surface area contributed by atoms with Gasteiger partial charge >= 0.3 is 0 Å². The number of benzene rings is 1. The maximum absolute atomic E-state index is 3.76. The van der Waals surface area contributed by atoms with E-state index in [0.717, 1.165) is 0 Å². The predicted octanol–water partition coefficient (Wildman–Crippen LogP) is 2.86. The first-order valence-electron chi connectivity index (χ1n) is 3.84. The topological polar surface area (TPSA) is 12.0 Å². The highest BCUT2D eigenvalue weighted by atomic mass is 32.2. The second-order valence-corrected chi connectivity index (χ2v) is 3.60. The molecule has 0 radical (unpaired) electrons. The summed E-state index contributed by atoms with van der Waals surface area (Å²) in [4.78, 5) is 1.23. The van der Waals surface area contributed by atoms with Crippen LogP contribution in [0.5, 0.6) is 0 Å². The van der Waals surface area contributed by atoms with Gasteiger partial charge in [0.05, 0.1) is 0 Å². The minimum Gasteiger partial charge on any atom is -0.263 e. The van der Waals surface area contributed by atoms with Crippen LogP contribution in [-0.4, -0.2) is 7.05 Å². The molecule has 0 heterocycles. The largest absolute Gasteiger partial charge is 0.263 e. The van der Waals surface area contributed by atoms with Gasteiger partial charge in [-0.25, -0.2) is 0 Å². The normalized spacial score (nSPS) is 9.83. The summed E-state index contributed by atoms with van der Waals surface area (Å²) in [6.07, 6.45) is 1.87. The van der Waals surface area contributed by atoms with E-state index in [1.807, 2.05) is 13.1 Å². The molecule has 0 saturated carbocycles. The minimum absolute atomic E-state index is 1.18. The molecule has 2 heteroatoms. The highest BCUT2D eigenvalue weighted by Gasteiger charge is 1.98. The van der Waals surface area contributed by atoms with Crippen molar-refractivity contribution in [3.8, 4) is 0 Å². The summed E-state index contributed by atoms with van der Waals surface area (Å²) in [6, 6.07) is 6.33. The van der Waals surface area contributed by atoms with Gasteiger partial charge in [-0.1, -0.05) is 24.8 Å². The van der Waals surface area contributed by atoms with Gasteiger partial charge in [0.25, 0.3) is 0 Å². The molecule has 0 aliphatic rings. The average molecular weight is 179 g/mol. The van der Waals surface area contributed by atoms with Crippen LogP contribution in [0.25, 0.3) is 6.08 Å². The van der Waals surface area contributed by atoms with Gasteiger partial charge in [-0.15, -0.1) is 0 Å². The van der Waals surface area contributed by atoms with Crippen molar-refractivity contribution < 1.29 is 0 Å². The van der Waals surface area contributed by atoms with Gasteiger partial charge < -0.3 is 0 Å². The molecule has 1 aromatic rings. The Labute approximate surface area is 78.0 Å². The van der Waals surface area contributed by atoms with Crippen molar-refractivity contribution >= 4 is 18.0 Å². The quantitative estimate of drug-likeness (QED) is 0.716. The van der Waals surface area contributed by atoms with Gasteiger partial charge in [-0.3, -0.25) is 4.72 Å². The fourth-order valence-corrected chi connectivity index (χ4v) is 1.74. The Morgan fingerprint density at radius 1 is 1.50 bits per heavy atom. The van der Waals surface area contributed by atoms with Crippen LogP contribution in [0.1, 0.15) is 11.1 Å². The fourth-order valence-electron chi connectivity index (χ4n) is 1.01. The number of rotatable bonds is 3. The third kappa shape index (κ3) is 2.13. The molecule has 0 aliphatic carbocycles. The molecule has 0 aliphatic heterocycles. The van der Waals surface area contributed by atoms with E-state index < -0.39 is 0 Å². The van der Waals surface area contributed by atoms with E-state index in [0.29, 0.717) is 0 Å². The maximum atomic E-state index is 3.76. The summed E-state index contributed by atoms with van der Waals surface area (Å²) < 4.78 is 3.05. The summed E-state index contributed by atoms with van der Waals surface area (Å²) in [5.74, 6) is 0. The lowest BCUT2D eigenvalue weighted by molar-refractivity contribution is 1.26. The van der Waals surface area contributed by atoms with Gasteiger partial charge in [0.15, 0.2) is 0 Å². The van der Waals surface area contributed by atoms with E-state index in [-0.39, 0.29) is 0 Å². The number of nitrogens with one attached hydrogen (secondary N) is 1. The molecule has 0 fully saturated rings. The van der Waals surface area contributed by atoms with Crippen LogP contribution in [0.15, 0.2) is 29.7 Å². The van der Waals surface area contributed by atoms with Gasteiger partial charge in [0.2, 0.25) is 0 Å². The van der Waals surface area contributed by atoms with Gasteiger partial charge in [0.1, 0.15) is 0 Å². The van der Waals surface area contributed by atoms with Crippen molar-refractivity contribution in [2.24, 2.45) is 0 Å². The highest BCUT2D eigenvalue weighted by Crippen LogP contribution is 2.21. The molecule has 64 valence electrons. The summed E-state index contributed by atoms with van der Waals surface area (Å²) in [6.45, 7) is 5.85. The monoisotopic (exact) mass is 179 g/mol. The van der Waals surface area contributed by atoms with E-state index in [2.05, 4.69) is 36.4 Å². The number of hydrogen-bond donors (Lipinski definition) is 1. The molecule has 0 aromatic heterocycles. The molecular weight excluding hydrogens is 166 g/mol. The Morgan fingerprint density at radius 2 is 2.25 bits per heavy atom. The second-order valence-electron chi connectivity index (χ2n) is 2.55. The Hall–Kier alpha value is -0.730. The summed E-state index contributed by atoms with van der Waals surface area (Å²) in [5, 5.41) is 0. The van der Waals surface area contributed by atoms with Crippen molar-refractivity contribution in [3.63, 3.8) is 0 Å². The Morgan fingerprint density at radius 3 is 2.83 bits per heavy atom. The zero-order valence-electron chi connectivity index (χ0n) is 7.42. The summed E-state index contributed by atoms with van der Waals surface area (Å²) in [5.41, 5.74) is 2.46. The average Bonchev–Trinajstić information content (AvgIpc) is 2.05. The van der Waals surface area contributed by atoms with E-state index in [1.165, 1.54) is 16.0 Å². The molecule has 1 N–H and O–H groups in total. The molecule has 1 nitrogen and oxygen atoms in total. The molecule has 0 spiro atoms. The standard InChI is InChI=1S/C10H13NS/c1-4-9-6-5-8(2)7-10(9)12-11-3/h4-7,11H,1H2,2-3H3. The third-order valence-corrected chi connectivity index (χ3v) is 2.38. The highest BCUT2D eigenvalue weighted by molar-refractivity contribution is 7.97. The Balaban J connectivity index is 3.03. The van der Waals surface area contributed by atoms with E-state index in [4.69, 9.17) is 0 Å². The lowest BCUT2D eigenvalue weighted by atomic mass is 10.1. The number of hydrogen-bond acceptors (Lipinski definition) is 2. The first kappa shape index (κ1) is 9.36. The molecule has 0 bridgehead atoms. The summed E-state index contributed by atoms with van der Waals surface area (Å²) >= 11 is 1.62. The number of aryl methyl sites for hydroxylation is 1. The van der Waals surface area contributed by atoms with Crippen LogP contribution >= 0.6 is 11.9 Å².